The molecule has 1 atom stereocenters. The molecule has 0 unspecified atom stereocenters. The van der Waals surface area contributed by atoms with Gasteiger partial charge < -0.3 is 9.84 Å². The molecule has 1 saturated carbocycles. The van der Waals surface area contributed by atoms with Crippen LogP contribution >= 0.6 is 0 Å². The van der Waals surface area contributed by atoms with Crippen molar-refractivity contribution in [2.45, 2.75) is 25.4 Å². The summed E-state index contributed by atoms with van der Waals surface area (Å²) >= 11 is 0. The van der Waals surface area contributed by atoms with E-state index in [0.717, 1.165) is 34.9 Å². The van der Waals surface area contributed by atoms with E-state index in [-0.39, 0.29) is 0 Å². The highest BCUT2D eigenvalue weighted by molar-refractivity contribution is 5.84. The van der Waals surface area contributed by atoms with E-state index in [2.05, 4.69) is 12.1 Å². The van der Waals surface area contributed by atoms with Crippen molar-refractivity contribution in [1.82, 2.24) is 0 Å². The Morgan fingerprint density at radius 2 is 1.78 bits per heavy atom. The van der Waals surface area contributed by atoms with Gasteiger partial charge in [0.05, 0.1) is 12.7 Å². The quantitative estimate of drug-likeness (QED) is 0.893. The molecule has 94 valence electrons. The topological polar surface area (TPSA) is 29.5 Å². The lowest BCUT2D eigenvalue weighted by Crippen LogP contribution is -2.23. The highest BCUT2D eigenvalue weighted by atomic mass is 16.5. The van der Waals surface area contributed by atoms with Crippen molar-refractivity contribution < 1.29 is 9.84 Å². The molecule has 0 aliphatic heterocycles. The van der Waals surface area contributed by atoms with Crippen LogP contribution in [0.4, 0.5) is 0 Å². The van der Waals surface area contributed by atoms with Crippen LogP contribution in [0.15, 0.2) is 36.4 Å². The summed E-state index contributed by atoms with van der Waals surface area (Å²) < 4.78 is 5.22. The minimum absolute atomic E-state index is 0.424. The molecule has 0 amide bonds. The molecule has 0 aromatic heterocycles. The number of aliphatic hydroxyl groups is 1. The number of fused-ring (bicyclic) bond motifs is 1. The molecule has 1 fully saturated rings. The first kappa shape index (κ1) is 11.5. The van der Waals surface area contributed by atoms with Crippen LogP contribution in [0.5, 0.6) is 5.75 Å². The van der Waals surface area contributed by atoms with Crippen LogP contribution in [-0.4, -0.2) is 12.2 Å². The highest BCUT2D eigenvalue weighted by Gasteiger charge is 2.41. The minimum atomic E-state index is -0.686. The molecule has 2 aromatic rings. The standard InChI is InChI=1S/C16H18O2/c1-16(17,13-6-7-13)14-5-3-12-10-15(18-2)8-4-11(12)9-14/h3-5,8-10,13,17H,6-7H2,1-2H3/t16-/m1/s1. The second kappa shape index (κ2) is 3.99. The van der Waals surface area contributed by atoms with Crippen molar-refractivity contribution in [2.24, 2.45) is 5.92 Å². The van der Waals surface area contributed by atoms with Crippen LogP contribution in [0.2, 0.25) is 0 Å². The van der Waals surface area contributed by atoms with Gasteiger partial charge in [-0.2, -0.15) is 0 Å². The van der Waals surface area contributed by atoms with Gasteiger partial charge >= 0.3 is 0 Å². The summed E-state index contributed by atoms with van der Waals surface area (Å²) in [7, 11) is 1.67. The van der Waals surface area contributed by atoms with Gasteiger partial charge in [0, 0.05) is 0 Å². The zero-order valence-corrected chi connectivity index (χ0v) is 10.8. The Morgan fingerprint density at radius 3 is 2.44 bits per heavy atom. The monoisotopic (exact) mass is 242 g/mol. The zero-order valence-electron chi connectivity index (χ0n) is 10.8. The largest absolute Gasteiger partial charge is 0.497 e. The first-order valence-electron chi connectivity index (χ1n) is 6.42. The molecular formula is C16H18O2. The molecule has 0 heterocycles. The van der Waals surface area contributed by atoms with Crippen molar-refractivity contribution in [3.8, 4) is 5.75 Å². The number of rotatable bonds is 3. The van der Waals surface area contributed by atoms with Crippen molar-refractivity contribution in [1.29, 1.82) is 0 Å². The molecule has 18 heavy (non-hydrogen) atoms. The lowest BCUT2D eigenvalue weighted by atomic mass is 9.89. The number of ether oxygens (including phenoxy) is 1. The lowest BCUT2D eigenvalue weighted by molar-refractivity contribution is 0.0332. The summed E-state index contributed by atoms with van der Waals surface area (Å²) in [6.45, 7) is 1.93. The molecule has 0 spiro atoms. The minimum Gasteiger partial charge on any atom is -0.497 e. The van der Waals surface area contributed by atoms with Crippen LogP contribution < -0.4 is 4.74 Å². The third-order valence-electron chi connectivity index (χ3n) is 4.00. The molecular weight excluding hydrogens is 224 g/mol. The Labute approximate surface area is 107 Å². The van der Waals surface area contributed by atoms with E-state index < -0.39 is 5.60 Å². The van der Waals surface area contributed by atoms with Gasteiger partial charge in [-0.15, -0.1) is 0 Å². The maximum absolute atomic E-state index is 10.6. The fraction of sp³-hybridized carbons (Fsp3) is 0.375. The van der Waals surface area contributed by atoms with E-state index >= 15 is 0 Å². The molecule has 1 N–H and O–H groups in total. The van der Waals surface area contributed by atoms with E-state index in [1.54, 1.807) is 7.11 Å². The summed E-state index contributed by atoms with van der Waals surface area (Å²) in [5, 5.41) is 12.9. The van der Waals surface area contributed by atoms with Crippen LogP contribution in [0, 0.1) is 5.92 Å². The predicted octanol–water partition coefficient (Wildman–Crippen LogP) is 3.47. The number of hydrogen-bond donors (Lipinski definition) is 1. The number of hydrogen-bond acceptors (Lipinski definition) is 2. The van der Waals surface area contributed by atoms with E-state index in [4.69, 9.17) is 4.74 Å². The second-order valence-electron chi connectivity index (χ2n) is 5.35. The summed E-state index contributed by atoms with van der Waals surface area (Å²) in [6, 6.07) is 12.2. The molecule has 1 aliphatic carbocycles. The van der Waals surface area contributed by atoms with E-state index in [9.17, 15) is 5.11 Å². The first-order valence-corrected chi connectivity index (χ1v) is 6.42. The van der Waals surface area contributed by atoms with E-state index in [0.29, 0.717) is 5.92 Å². The van der Waals surface area contributed by atoms with Gasteiger partial charge in [-0.05, 0) is 60.2 Å². The lowest BCUT2D eigenvalue weighted by Gasteiger charge is -2.24. The van der Waals surface area contributed by atoms with Gasteiger partial charge in [-0.25, -0.2) is 0 Å². The molecule has 2 aromatic carbocycles. The summed E-state index contributed by atoms with van der Waals surface area (Å²) in [4.78, 5) is 0. The van der Waals surface area contributed by atoms with E-state index in [1.807, 2.05) is 31.2 Å². The molecule has 0 bridgehead atoms. The van der Waals surface area contributed by atoms with Crippen molar-refractivity contribution in [2.75, 3.05) is 7.11 Å². The average molecular weight is 242 g/mol. The smallest absolute Gasteiger partial charge is 0.119 e. The second-order valence-corrected chi connectivity index (χ2v) is 5.35. The van der Waals surface area contributed by atoms with Crippen LogP contribution in [-0.2, 0) is 5.60 Å². The third-order valence-corrected chi connectivity index (χ3v) is 4.00. The molecule has 0 saturated heterocycles. The molecule has 0 radical (unpaired) electrons. The Hall–Kier alpha value is -1.54. The van der Waals surface area contributed by atoms with Gasteiger partial charge in [-0.1, -0.05) is 18.2 Å². The first-order chi connectivity index (χ1) is 8.61. The average Bonchev–Trinajstić information content (AvgIpc) is 3.22. The number of benzene rings is 2. The van der Waals surface area contributed by atoms with Crippen molar-refractivity contribution >= 4 is 10.8 Å². The maximum atomic E-state index is 10.6. The van der Waals surface area contributed by atoms with Crippen LogP contribution in [0.3, 0.4) is 0 Å². The van der Waals surface area contributed by atoms with Crippen LogP contribution in [0.25, 0.3) is 10.8 Å². The Bertz CT molecular complexity index is 583. The van der Waals surface area contributed by atoms with Crippen LogP contribution in [0.1, 0.15) is 25.3 Å². The van der Waals surface area contributed by atoms with Gasteiger partial charge in [0.25, 0.3) is 0 Å². The highest BCUT2D eigenvalue weighted by Crippen LogP contribution is 2.45. The normalized spacial score (nSPS) is 18.6. The Balaban J connectivity index is 2.06. The summed E-state index contributed by atoms with van der Waals surface area (Å²) in [5.41, 5.74) is 0.330. The Kier molecular flexibility index (Phi) is 2.56. The SMILES string of the molecule is COc1ccc2cc([C@](C)(O)C3CC3)ccc2c1. The predicted molar refractivity (Wildman–Crippen MR) is 72.8 cm³/mol. The fourth-order valence-electron chi connectivity index (χ4n) is 2.55. The summed E-state index contributed by atoms with van der Waals surface area (Å²) in [6.07, 6.45) is 2.27. The van der Waals surface area contributed by atoms with Gasteiger partial charge in [0.2, 0.25) is 0 Å². The maximum Gasteiger partial charge on any atom is 0.119 e. The Morgan fingerprint density at radius 1 is 1.11 bits per heavy atom. The van der Waals surface area contributed by atoms with Gasteiger partial charge in [0.1, 0.15) is 5.75 Å². The fourth-order valence-corrected chi connectivity index (χ4v) is 2.55. The molecule has 3 rings (SSSR count). The van der Waals surface area contributed by atoms with Gasteiger partial charge in [-0.3, -0.25) is 0 Å². The zero-order chi connectivity index (χ0) is 12.8. The van der Waals surface area contributed by atoms with Crippen molar-refractivity contribution in [3.63, 3.8) is 0 Å². The molecule has 1 aliphatic rings. The molecule has 2 nitrogen and oxygen atoms in total. The van der Waals surface area contributed by atoms with Crippen molar-refractivity contribution in [3.05, 3.63) is 42.0 Å². The molecule has 2 heteroatoms. The van der Waals surface area contributed by atoms with E-state index in [1.165, 1.54) is 0 Å². The summed E-state index contributed by atoms with van der Waals surface area (Å²) in [5.74, 6) is 1.29. The number of methoxy groups -OCH3 is 1. The third kappa shape index (κ3) is 1.87. The van der Waals surface area contributed by atoms with Gasteiger partial charge in [0.15, 0.2) is 0 Å².